The number of primary amides is 2. The number of aliphatic carboxylic acids is 1. The number of nitrogens with two attached hydrogens (primary N) is 2. The van der Waals surface area contributed by atoms with E-state index in [1.165, 1.54) is 0 Å². The highest BCUT2D eigenvalue weighted by Crippen LogP contribution is 2.32. The highest BCUT2D eigenvalue weighted by atomic mass is 16.4. The number of nitrogens with zero attached hydrogens (tertiary/aromatic N) is 3. The summed E-state index contributed by atoms with van der Waals surface area (Å²) in [5.41, 5.74) is 8.30. The maximum Gasteiger partial charge on any atom is 0.408 e. The van der Waals surface area contributed by atoms with Crippen molar-refractivity contribution >= 4 is 30.0 Å². The van der Waals surface area contributed by atoms with E-state index in [4.69, 9.17) is 11.5 Å². The van der Waals surface area contributed by atoms with E-state index in [-0.39, 0.29) is 38.8 Å². The molecule has 13 nitrogen and oxygen atoms in total. The lowest BCUT2D eigenvalue weighted by molar-refractivity contribution is -0.142. The fraction of sp³-hybridized carbons (Fsp3) is 0.783. The van der Waals surface area contributed by atoms with Gasteiger partial charge in [0.25, 0.3) is 0 Å². The molecule has 1 saturated heterocycles. The standard InChI is InChI=1S/C23H41N5O8/c1-5-22(6-2,18(24)31)27(20(33)34)12-15-10-9-11-16(26(15)14-17(29)30)13-28(21(35)36)23(7-3,8-4)19(25)32/h15-16H,5-14H2,1-4H3,(H2,24,31)(H2,25,32)(H,29,30)(H,33,34)(H,35,36). The van der Waals surface area contributed by atoms with Gasteiger partial charge in [-0.15, -0.1) is 0 Å². The van der Waals surface area contributed by atoms with E-state index in [9.17, 15) is 39.3 Å². The van der Waals surface area contributed by atoms with Gasteiger partial charge in [-0.1, -0.05) is 34.1 Å². The summed E-state index contributed by atoms with van der Waals surface area (Å²) >= 11 is 0. The van der Waals surface area contributed by atoms with Gasteiger partial charge in [-0.05, 0) is 38.5 Å². The maximum absolute atomic E-state index is 12.3. The minimum Gasteiger partial charge on any atom is -0.480 e. The molecule has 13 heteroatoms. The van der Waals surface area contributed by atoms with Crippen LogP contribution in [-0.4, -0.2) is 103 Å². The SMILES string of the molecule is CCC(CC)(C(N)=O)N(CC1CCCC(CN(C(=O)O)C(CC)(CC)C(N)=O)N1CC(=O)O)C(=O)O. The minimum atomic E-state index is -1.47. The second-order valence-corrected chi connectivity index (χ2v) is 9.30. The first-order chi connectivity index (χ1) is 16.8. The van der Waals surface area contributed by atoms with E-state index >= 15 is 0 Å². The molecular weight excluding hydrogens is 474 g/mol. The Morgan fingerprint density at radius 1 is 0.750 bits per heavy atom. The van der Waals surface area contributed by atoms with Gasteiger partial charge < -0.3 is 26.8 Å². The van der Waals surface area contributed by atoms with Crippen molar-refractivity contribution in [3.05, 3.63) is 0 Å². The molecule has 7 N–H and O–H groups in total. The van der Waals surface area contributed by atoms with Crippen LogP contribution in [0.15, 0.2) is 0 Å². The van der Waals surface area contributed by atoms with E-state index in [0.29, 0.717) is 19.3 Å². The summed E-state index contributed by atoms with van der Waals surface area (Å²) in [6.07, 6.45) is -0.712. The second-order valence-electron chi connectivity index (χ2n) is 9.30. The van der Waals surface area contributed by atoms with Crippen molar-refractivity contribution < 1.29 is 39.3 Å². The normalized spacial score (nSPS) is 18.9. The number of amides is 4. The minimum absolute atomic E-state index is 0.140. The number of likely N-dealkylation sites (tertiary alicyclic amines) is 1. The molecule has 2 unspecified atom stereocenters. The largest absolute Gasteiger partial charge is 0.480 e. The van der Waals surface area contributed by atoms with Gasteiger partial charge in [0.2, 0.25) is 11.8 Å². The molecule has 0 saturated carbocycles. The third kappa shape index (κ3) is 6.18. The fourth-order valence-electron chi connectivity index (χ4n) is 5.55. The van der Waals surface area contributed by atoms with E-state index in [0.717, 1.165) is 9.80 Å². The predicted molar refractivity (Wildman–Crippen MR) is 130 cm³/mol. The Morgan fingerprint density at radius 2 is 1.08 bits per heavy atom. The average Bonchev–Trinajstić information content (AvgIpc) is 2.80. The molecule has 1 aliphatic heterocycles. The number of piperidine rings is 1. The van der Waals surface area contributed by atoms with Crippen LogP contribution < -0.4 is 11.5 Å². The molecule has 0 aromatic carbocycles. The molecule has 2 atom stereocenters. The van der Waals surface area contributed by atoms with Gasteiger partial charge in [-0.25, -0.2) is 9.59 Å². The van der Waals surface area contributed by atoms with Crippen LogP contribution in [0.2, 0.25) is 0 Å². The smallest absolute Gasteiger partial charge is 0.408 e. The summed E-state index contributed by atoms with van der Waals surface area (Å²) < 4.78 is 0. The number of carboxylic acid groups (broad SMARTS) is 3. The molecule has 0 aliphatic carbocycles. The number of rotatable bonds is 14. The lowest BCUT2D eigenvalue weighted by Gasteiger charge is -2.48. The Kier molecular flexibility index (Phi) is 11.0. The zero-order chi connectivity index (χ0) is 27.8. The third-order valence-corrected chi connectivity index (χ3v) is 7.87. The summed E-state index contributed by atoms with van der Waals surface area (Å²) in [5, 5.41) is 29.6. The number of hydrogen-bond acceptors (Lipinski definition) is 6. The van der Waals surface area contributed by atoms with E-state index < -0.39 is 59.7 Å². The molecule has 0 aromatic heterocycles. The molecule has 0 spiro atoms. The molecule has 4 amide bonds. The van der Waals surface area contributed by atoms with Crippen molar-refractivity contribution in [2.45, 2.75) is 95.8 Å². The van der Waals surface area contributed by atoms with Gasteiger partial charge in [-0.2, -0.15) is 0 Å². The molecule has 0 bridgehead atoms. The quantitative estimate of drug-likeness (QED) is 0.226. The molecule has 36 heavy (non-hydrogen) atoms. The van der Waals surface area contributed by atoms with Crippen LogP contribution in [0.5, 0.6) is 0 Å². The number of hydrogen-bond donors (Lipinski definition) is 5. The third-order valence-electron chi connectivity index (χ3n) is 7.87. The molecule has 1 heterocycles. The van der Waals surface area contributed by atoms with E-state index in [2.05, 4.69) is 0 Å². The number of carbonyl (C=O) groups excluding carboxylic acids is 2. The van der Waals surface area contributed by atoms with E-state index in [1.54, 1.807) is 32.6 Å². The summed E-state index contributed by atoms with van der Waals surface area (Å²) in [7, 11) is 0. The second kappa shape index (κ2) is 12.7. The number of carboxylic acids is 1. The molecule has 206 valence electrons. The Bertz CT molecular complexity index is 769. The Balaban J connectivity index is 3.46. The molecule has 1 rings (SSSR count). The Morgan fingerprint density at radius 3 is 1.31 bits per heavy atom. The summed E-state index contributed by atoms with van der Waals surface area (Å²) in [5.74, 6) is -2.75. The molecule has 1 fully saturated rings. The average molecular weight is 516 g/mol. The van der Waals surface area contributed by atoms with Crippen LogP contribution in [0.4, 0.5) is 9.59 Å². The maximum atomic E-state index is 12.3. The van der Waals surface area contributed by atoms with Crippen molar-refractivity contribution in [1.29, 1.82) is 0 Å². The van der Waals surface area contributed by atoms with Crippen LogP contribution in [0, 0.1) is 0 Å². The van der Waals surface area contributed by atoms with Crippen molar-refractivity contribution in [2.24, 2.45) is 11.5 Å². The van der Waals surface area contributed by atoms with Gasteiger partial charge in [0.1, 0.15) is 11.1 Å². The van der Waals surface area contributed by atoms with Gasteiger partial charge in [-0.3, -0.25) is 29.1 Å². The monoisotopic (exact) mass is 515 g/mol. The van der Waals surface area contributed by atoms with Crippen LogP contribution in [0.25, 0.3) is 0 Å². The van der Waals surface area contributed by atoms with Crippen LogP contribution in [0.3, 0.4) is 0 Å². The lowest BCUT2D eigenvalue weighted by Crippen LogP contribution is -2.65. The molecule has 1 aliphatic rings. The summed E-state index contributed by atoms with van der Waals surface area (Å²) in [6, 6.07) is -1.23. The van der Waals surface area contributed by atoms with Gasteiger partial charge in [0.15, 0.2) is 0 Å². The lowest BCUT2D eigenvalue weighted by atomic mass is 9.86. The zero-order valence-electron chi connectivity index (χ0n) is 21.6. The van der Waals surface area contributed by atoms with Crippen LogP contribution in [0.1, 0.15) is 72.6 Å². The number of carbonyl (C=O) groups is 5. The first-order valence-corrected chi connectivity index (χ1v) is 12.4. The highest BCUT2D eigenvalue weighted by Gasteiger charge is 2.47. The molecule has 0 aromatic rings. The summed E-state index contributed by atoms with van der Waals surface area (Å²) in [6.45, 7) is 5.80. The van der Waals surface area contributed by atoms with Gasteiger partial charge >= 0.3 is 18.2 Å². The zero-order valence-corrected chi connectivity index (χ0v) is 21.6. The topological polar surface area (TPSA) is 208 Å². The Hall–Kier alpha value is -3.09. The van der Waals surface area contributed by atoms with Crippen molar-refractivity contribution in [3.63, 3.8) is 0 Å². The van der Waals surface area contributed by atoms with Gasteiger partial charge in [0, 0.05) is 25.2 Å². The van der Waals surface area contributed by atoms with Crippen molar-refractivity contribution in [1.82, 2.24) is 14.7 Å². The highest BCUT2D eigenvalue weighted by molar-refractivity contribution is 5.89. The molecule has 0 radical (unpaired) electrons. The van der Waals surface area contributed by atoms with Crippen LogP contribution in [-0.2, 0) is 14.4 Å². The van der Waals surface area contributed by atoms with Crippen molar-refractivity contribution in [3.8, 4) is 0 Å². The Labute approximate surface area is 211 Å². The first kappa shape index (κ1) is 30.9. The van der Waals surface area contributed by atoms with E-state index in [1.807, 2.05) is 0 Å². The first-order valence-electron chi connectivity index (χ1n) is 12.4. The summed E-state index contributed by atoms with van der Waals surface area (Å²) in [4.78, 5) is 64.5. The predicted octanol–water partition coefficient (Wildman–Crippen LogP) is 1.34. The molecular formula is C23H41N5O8. The van der Waals surface area contributed by atoms with Crippen molar-refractivity contribution in [2.75, 3.05) is 19.6 Å². The fourth-order valence-corrected chi connectivity index (χ4v) is 5.55. The van der Waals surface area contributed by atoms with Gasteiger partial charge in [0.05, 0.1) is 6.54 Å². The van der Waals surface area contributed by atoms with Crippen LogP contribution >= 0.6 is 0 Å².